The number of hydrogen-bond donors (Lipinski definition) is 1. The van der Waals surface area contributed by atoms with Gasteiger partial charge in [-0.05, 0) is 12.8 Å². The molecule has 0 fully saturated rings. The fraction of sp³-hybridized carbons (Fsp3) is 1.00. The Morgan fingerprint density at radius 2 is 1.18 bits per heavy atom. The van der Waals surface area contributed by atoms with Gasteiger partial charge >= 0.3 is 69.5 Å². The molecule has 0 rings (SSSR count). The van der Waals surface area contributed by atoms with Crippen molar-refractivity contribution in [1.82, 2.24) is 0 Å². The second kappa shape index (κ2) is 19.1. The average Bonchev–Trinajstić information content (AvgIpc) is 2.31. The Bertz CT molecular complexity index is 105. The fourth-order valence-corrected chi connectivity index (χ4v) is 5.70. The molecule has 104 valence electrons. The van der Waals surface area contributed by atoms with Crippen LogP contribution in [0, 0.1) is 0 Å². The van der Waals surface area contributed by atoms with Gasteiger partial charge in [-0.2, -0.15) is 0 Å². The summed E-state index contributed by atoms with van der Waals surface area (Å²) in [5.41, 5.74) is 0. The first-order chi connectivity index (χ1) is 8.22. The minimum atomic E-state index is -0.0370. The van der Waals surface area contributed by atoms with Gasteiger partial charge in [0, 0.05) is 0 Å². The van der Waals surface area contributed by atoms with Gasteiger partial charge in [-0.1, -0.05) is 26.7 Å². The Balaban J connectivity index is 0. The van der Waals surface area contributed by atoms with E-state index in [1.165, 1.54) is 25.7 Å². The maximum atomic E-state index is 9.05. The molecule has 1 N–H and O–H groups in total. The molecule has 0 aliphatic rings. The van der Waals surface area contributed by atoms with Crippen LogP contribution in [0.15, 0.2) is 0 Å². The molecule has 2 radical (unpaired) electrons. The number of unbranched alkanes of at least 4 members (excludes halogenated alkanes) is 2. The number of hydrogen-bond acceptors (Lipinski definition) is 1. The molecule has 0 saturated heterocycles. The molecule has 0 aromatic rings. The third kappa shape index (κ3) is 22.4. The molecule has 0 heterocycles. The number of rotatable bonds is 10. The van der Waals surface area contributed by atoms with E-state index < -0.39 is 0 Å². The quantitative estimate of drug-likeness (QED) is 0.431. The van der Waals surface area contributed by atoms with E-state index in [-0.39, 0.29) is 27.2 Å². The molecule has 0 spiro atoms. The topological polar surface area (TPSA) is 20.2 Å². The summed E-state index contributed by atoms with van der Waals surface area (Å²) < 4.78 is 3.25. The van der Waals surface area contributed by atoms with Crippen molar-refractivity contribution in [2.75, 3.05) is 0 Å². The van der Waals surface area contributed by atoms with Crippen molar-refractivity contribution in [3.05, 3.63) is 0 Å². The van der Waals surface area contributed by atoms with Crippen molar-refractivity contribution >= 4 is 21.1 Å². The normalized spacial score (nSPS) is 10.2. The van der Waals surface area contributed by atoms with Gasteiger partial charge in [0.2, 0.25) is 0 Å². The molecule has 0 amide bonds. The van der Waals surface area contributed by atoms with E-state index in [0.717, 1.165) is 25.7 Å². The first kappa shape index (κ1) is 20.1. The first-order valence-electron chi connectivity index (χ1n) is 7.61. The number of aliphatic hydroxyl groups excluding tert-OH is 1. The third-order valence-electron chi connectivity index (χ3n) is 2.66. The van der Waals surface area contributed by atoms with E-state index in [4.69, 9.17) is 5.11 Å². The van der Waals surface area contributed by atoms with Gasteiger partial charge in [0.1, 0.15) is 0 Å². The van der Waals surface area contributed by atoms with Gasteiger partial charge in [0.05, 0.1) is 6.10 Å². The first-order valence-corrected chi connectivity index (χ1v) is 11.6. The van der Waals surface area contributed by atoms with Crippen LogP contribution in [0.2, 0.25) is 8.87 Å². The minimum absolute atomic E-state index is 0.0370. The van der Waals surface area contributed by atoms with Crippen molar-refractivity contribution in [1.29, 1.82) is 0 Å². The van der Waals surface area contributed by atoms with Crippen molar-refractivity contribution in [2.24, 2.45) is 0 Å². The fourth-order valence-electron chi connectivity index (χ4n) is 1.54. The predicted octanol–water partition coefficient (Wildman–Crippen LogP) is 5.07. The van der Waals surface area contributed by atoms with Crippen LogP contribution in [-0.2, 0) is 0 Å². The monoisotopic (exact) mass is 350 g/mol. The summed E-state index contributed by atoms with van der Waals surface area (Å²) in [5.74, 6) is 0. The molecule has 0 aromatic carbocycles. The molecule has 0 bridgehead atoms. The zero-order valence-electron chi connectivity index (χ0n) is 12.6. The van der Waals surface area contributed by atoms with Gasteiger partial charge in [-0.15, -0.1) is 0 Å². The number of aliphatic hydroxyl groups is 1. The van der Waals surface area contributed by atoms with Crippen molar-refractivity contribution < 1.29 is 5.11 Å². The molecule has 0 aromatic heterocycles. The van der Waals surface area contributed by atoms with Crippen LogP contribution >= 0.6 is 0 Å². The van der Waals surface area contributed by atoms with Gasteiger partial charge in [-0.3, -0.25) is 0 Å². The van der Waals surface area contributed by atoms with Crippen LogP contribution in [-0.4, -0.2) is 32.4 Å². The second-order valence-corrected chi connectivity index (χ2v) is 8.97. The molecule has 17 heavy (non-hydrogen) atoms. The van der Waals surface area contributed by atoms with Crippen LogP contribution in [0.5, 0.6) is 0 Å². The standard InChI is InChI=1S/C7H16O.2C4H9.Sn/c1-3-5-7(8)6-4-2;2*1-3-4-2;/h7-8H,3-6H2,1-2H3;2*1,3-4H2,2H3;. The molecular formula is C15H34OSn. The van der Waals surface area contributed by atoms with Crippen LogP contribution in [0.4, 0.5) is 0 Å². The van der Waals surface area contributed by atoms with Crippen LogP contribution in [0.1, 0.15) is 79.1 Å². The molecule has 0 saturated carbocycles. The van der Waals surface area contributed by atoms with Gasteiger partial charge in [0.25, 0.3) is 0 Å². The Labute approximate surface area is 120 Å². The molecule has 0 aliphatic carbocycles. The van der Waals surface area contributed by atoms with Crippen LogP contribution < -0.4 is 0 Å². The molecular weight excluding hydrogens is 315 g/mol. The van der Waals surface area contributed by atoms with Gasteiger partial charge in [0.15, 0.2) is 0 Å². The van der Waals surface area contributed by atoms with E-state index >= 15 is 0 Å². The van der Waals surface area contributed by atoms with Crippen molar-refractivity contribution in [3.63, 3.8) is 0 Å². The molecule has 0 aliphatic heterocycles. The van der Waals surface area contributed by atoms with Crippen LogP contribution in [0.3, 0.4) is 0 Å². The van der Waals surface area contributed by atoms with Crippen LogP contribution in [0.25, 0.3) is 0 Å². The van der Waals surface area contributed by atoms with E-state index in [1.54, 1.807) is 8.87 Å². The van der Waals surface area contributed by atoms with Crippen molar-refractivity contribution in [3.8, 4) is 0 Å². The van der Waals surface area contributed by atoms with Gasteiger partial charge in [-0.25, -0.2) is 0 Å². The summed E-state index contributed by atoms with van der Waals surface area (Å²) in [6.45, 7) is 8.77. The summed E-state index contributed by atoms with van der Waals surface area (Å²) in [6, 6.07) is 0. The SMILES string of the molecule is CCCC(O)CCC.CCC[CH2][Sn][CH2]CCC. The van der Waals surface area contributed by atoms with E-state index in [1.807, 2.05) is 0 Å². The van der Waals surface area contributed by atoms with Gasteiger partial charge < -0.3 is 5.11 Å². The van der Waals surface area contributed by atoms with Crippen molar-refractivity contribution in [2.45, 2.75) is 94.0 Å². The Kier molecular flexibility index (Phi) is 22.6. The maximum absolute atomic E-state index is 9.05. The molecule has 1 nitrogen and oxygen atoms in total. The zero-order valence-corrected chi connectivity index (χ0v) is 15.4. The summed E-state index contributed by atoms with van der Waals surface area (Å²) >= 11 is 0.149. The Morgan fingerprint density at radius 3 is 1.47 bits per heavy atom. The zero-order chi connectivity index (χ0) is 13.4. The van der Waals surface area contributed by atoms with E-state index in [0.29, 0.717) is 0 Å². The predicted molar refractivity (Wildman–Crippen MR) is 81.0 cm³/mol. The summed E-state index contributed by atoms with van der Waals surface area (Å²) in [4.78, 5) is 0. The molecule has 0 unspecified atom stereocenters. The summed E-state index contributed by atoms with van der Waals surface area (Å²) in [6.07, 6.45) is 9.93. The molecule has 0 atom stereocenters. The molecule has 2 heteroatoms. The van der Waals surface area contributed by atoms with E-state index in [2.05, 4.69) is 27.7 Å². The summed E-state index contributed by atoms with van der Waals surface area (Å²) in [7, 11) is 0. The average molecular weight is 349 g/mol. The second-order valence-electron chi connectivity index (χ2n) is 4.69. The summed E-state index contributed by atoms with van der Waals surface area (Å²) in [5, 5.41) is 9.05. The Morgan fingerprint density at radius 1 is 0.765 bits per heavy atom. The Hall–Kier alpha value is 0.759. The third-order valence-corrected chi connectivity index (χ3v) is 6.69. The van der Waals surface area contributed by atoms with E-state index in [9.17, 15) is 0 Å².